The molecule has 1 N–H and O–H groups in total. The molecule has 3 rings (SSSR count). The molecule has 5 atom stereocenters. The molecule has 0 radical (unpaired) electrons. The Morgan fingerprint density at radius 3 is 2.50 bits per heavy atom. The number of hydrogen-bond acceptors (Lipinski definition) is 2. The lowest BCUT2D eigenvalue weighted by atomic mass is 9.81. The maximum absolute atomic E-state index is 3.85. The van der Waals surface area contributed by atoms with Crippen LogP contribution in [0.1, 0.15) is 66.2 Å². The Hall–Kier alpha value is -0.0800. The van der Waals surface area contributed by atoms with Gasteiger partial charge in [-0.15, -0.1) is 0 Å². The van der Waals surface area contributed by atoms with Crippen LogP contribution in [-0.2, 0) is 0 Å². The number of rotatable bonds is 4. The first-order chi connectivity index (χ1) is 9.58. The predicted molar refractivity (Wildman–Crippen MR) is 85.9 cm³/mol. The van der Waals surface area contributed by atoms with E-state index < -0.39 is 0 Å². The van der Waals surface area contributed by atoms with Crippen molar-refractivity contribution >= 4 is 0 Å². The van der Waals surface area contributed by atoms with Crippen molar-refractivity contribution in [1.82, 2.24) is 10.2 Å². The van der Waals surface area contributed by atoms with Crippen LogP contribution < -0.4 is 5.32 Å². The van der Waals surface area contributed by atoms with E-state index in [1.165, 1.54) is 45.2 Å². The van der Waals surface area contributed by atoms with Crippen LogP contribution in [0.3, 0.4) is 0 Å². The summed E-state index contributed by atoms with van der Waals surface area (Å²) in [5.74, 6) is 3.11. The Balaban J connectivity index is 1.70. The minimum atomic E-state index is 0.373. The second-order valence-corrected chi connectivity index (χ2v) is 7.97. The zero-order valence-electron chi connectivity index (χ0n) is 14.0. The topological polar surface area (TPSA) is 15.3 Å². The van der Waals surface area contributed by atoms with Gasteiger partial charge in [0, 0.05) is 30.7 Å². The SMILES string of the molecule is CCC1(CC)CN(C(C)C2CC3CCC2C3)C(C)CN1. The molecule has 0 spiro atoms. The van der Waals surface area contributed by atoms with Crippen molar-refractivity contribution in [2.45, 2.75) is 83.8 Å². The van der Waals surface area contributed by atoms with Crippen molar-refractivity contribution < 1.29 is 0 Å². The second kappa shape index (κ2) is 5.61. The molecule has 3 fully saturated rings. The van der Waals surface area contributed by atoms with Gasteiger partial charge in [-0.1, -0.05) is 20.3 Å². The normalized spacial score (nSPS) is 42.0. The van der Waals surface area contributed by atoms with Gasteiger partial charge in [-0.25, -0.2) is 0 Å². The summed E-state index contributed by atoms with van der Waals surface area (Å²) in [5.41, 5.74) is 0.373. The number of nitrogens with one attached hydrogen (secondary N) is 1. The highest BCUT2D eigenvalue weighted by atomic mass is 15.3. The fourth-order valence-corrected chi connectivity index (χ4v) is 5.44. The van der Waals surface area contributed by atoms with Gasteiger partial charge in [-0.3, -0.25) is 4.90 Å². The molecular formula is C18H34N2. The van der Waals surface area contributed by atoms with Crippen LogP contribution in [0.25, 0.3) is 0 Å². The van der Waals surface area contributed by atoms with E-state index in [9.17, 15) is 0 Å². The summed E-state index contributed by atoms with van der Waals surface area (Å²) in [6, 6.07) is 1.50. The van der Waals surface area contributed by atoms with E-state index >= 15 is 0 Å². The quantitative estimate of drug-likeness (QED) is 0.844. The van der Waals surface area contributed by atoms with Gasteiger partial charge in [-0.05, 0) is 63.7 Å². The van der Waals surface area contributed by atoms with Crippen LogP contribution in [0.4, 0.5) is 0 Å². The van der Waals surface area contributed by atoms with Crippen LogP contribution in [0.5, 0.6) is 0 Å². The zero-order valence-corrected chi connectivity index (χ0v) is 14.0. The van der Waals surface area contributed by atoms with Crippen molar-refractivity contribution in [3.05, 3.63) is 0 Å². The molecule has 1 aliphatic heterocycles. The van der Waals surface area contributed by atoms with Crippen molar-refractivity contribution in [3.63, 3.8) is 0 Å². The Labute approximate surface area is 125 Å². The summed E-state index contributed by atoms with van der Waals surface area (Å²) in [6.07, 6.45) is 8.63. The number of nitrogens with zero attached hydrogens (tertiary/aromatic N) is 1. The average molecular weight is 278 g/mol. The summed E-state index contributed by atoms with van der Waals surface area (Å²) in [4.78, 5) is 2.86. The third kappa shape index (κ3) is 2.43. The molecule has 2 saturated carbocycles. The molecule has 5 unspecified atom stereocenters. The van der Waals surface area contributed by atoms with Gasteiger partial charge in [0.2, 0.25) is 0 Å². The molecule has 2 bridgehead atoms. The highest BCUT2D eigenvalue weighted by Gasteiger charge is 2.46. The molecule has 116 valence electrons. The molecule has 1 heterocycles. The first kappa shape index (κ1) is 14.8. The number of piperazine rings is 1. The Morgan fingerprint density at radius 1 is 1.20 bits per heavy atom. The van der Waals surface area contributed by atoms with Gasteiger partial charge >= 0.3 is 0 Å². The van der Waals surface area contributed by atoms with E-state index in [2.05, 4.69) is 37.9 Å². The van der Waals surface area contributed by atoms with Crippen LogP contribution in [0.2, 0.25) is 0 Å². The van der Waals surface area contributed by atoms with Gasteiger partial charge in [0.05, 0.1) is 0 Å². The minimum absolute atomic E-state index is 0.373. The third-order valence-electron chi connectivity index (χ3n) is 7.11. The molecule has 3 aliphatic rings. The van der Waals surface area contributed by atoms with E-state index in [0.29, 0.717) is 11.6 Å². The lowest BCUT2D eigenvalue weighted by Crippen LogP contribution is -2.65. The summed E-state index contributed by atoms with van der Waals surface area (Å²) in [7, 11) is 0. The van der Waals surface area contributed by atoms with Crippen LogP contribution in [0, 0.1) is 17.8 Å². The first-order valence-electron chi connectivity index (χ1n) is 9.09. The van der Waals surface area contributed by atoms with Gasteiger partial charge in [0.25, 0.3) is 0 Å². The van der Waals surface area contributed by atoms with E-state index in [0.717, 1.165) is 23.8 Å². The van der Waals surface area contributed by atoms with Crippen molar-refractivity contribution in [3.8, 4) is 0 Å². The Kier molecular flexibility index (Phi) is 4.16. The predicted octanol–water partition coefficient (Wildman–Crippen LogP) is 3.66. The molecule has 1 saturated heterocycles. The maximum Gasteiger partial charge on any atom is 0.0304 e. The monoisotopic (exact) mass is 278 g/mol. The number of fused-ring (bicyclic) bond motifs is 2. The first-order valence-corrected chi connectivity index (χ1v) is 9.09. The summed E-state index contributed by atoms with van der Waals surface area (Å²) in [5, 5.41) is 3.85. The molecule has 2 heteroatoms. The fraction of sp³-hybridized carbons (Fsp3) is 1.00. The minimum Gasteiger partial charge on any atom is -0.308 e. The van der Waals surface area contributed by atoms with Gasteiger partial charge in [0.15, 0.2) is 0 Å². The van der Waals surface area contributed by atoms with Crippen LogP contribution in [-0.4, -0.2) is 35.6 Å². The highest BCUT2D eigenvalue weighted by molar-refractivity contribution is 5.01. The standard InChI is InChI=1S/C18H34N2/c1-5-18(6-2)12-20(13(3)11-19-18)14(4)17-10-15-7-8-16(17)9-15/h13-17,19H,5-12H2,1-4H3. The van der Waals surface area contributed by atoms with Crippen molar-refractivity contribution in [2.75, 3.05) is 13.1 Å². The molecule has 20 heavy (non-hydrogen) atoms. The molecule has 0 aromatic rings. The molecule has 0 aromatic heterocycles. The molecule has 2 nitrogen and oxygen atoms in total. The molecule has 2 aliphatic carbocycles. The lowest BCUT2D eigenvalue weighted by Gasteiger charge is -2.51. The van der Waals surface area contributed by atoms with Gasteiger partial charge in [0.1, 0.15) is 0 Å². The number of hydrogen-bond donors (Lipinski definition) is 1. The molecule has 0 amide bonds. The Bertz CT molecular complexity index is 336. The third-order valence-corrected chi connectivity index (χ3v) is 7.11. The molecule has 0 aromatic carbocycles. The van der Waals surface area contributed by atoms with E-state index in [1.54, 1.807) is 6.42 Å². The highest BCUT2D eigenvalue weighted by Crippen LogP contribution is 2.50. The molecular weight excluding hydrogens is 244 g/mol. The maximum atomic E-state index is 3.85. The van der Waals surface area contributed by atoms with E-state index in [4.69, 9.17) is 0 Å². The second-order valence-electron chi connectivity index (χ2n) is 7.97. The van der Waals surface area contributed by atoms with Gasteiger partial charge in [-0.2, -0.15) is 0 Å². The van der Waals surface area contributed by atoms with Crippen LogP contribution >= 0.6 is 0 Å². The van der Waals surface area contributed by atoms with E-state index in [-0.39, 0.29) is 0 Å². The Morgan fingerprint density at radius 2 is 1.95 bits per heavy atom. The van der Waals surface area contributed by atoms with Crippen molar-refractivity contribution in [2.24, 2.45) is 17.8 Å². The lowest BCUT2D eigenvalue weighted by molar-refractivity contribution is 0.0169. The fourth-order valence-electron chi connectivity index (χ4n) is 5.44. The van der Waals surface area contributed by atoms with Crippen molar-refractivity contribution in [1.29, 1.82) is 0 Å². The van der Waals surface area contributed by atoms with Crippen LogP contribution in [0.15, 0.2) is 0 Å². The smallest absolute Gasteiger partial charge is 0.0304 e. The summed E-state index contributed by atoms with van der Waals surface area (Å²) in [6.45, 7) is 12.1. The largest absolute Gasteiger partial charge is 0.308 e. The zero-order chi connectivity index (χ0) is 14.3. The summed E-state index contributed by atoms with van der Waals surface area (Å²) < 4.78 is 0. The average Bonchev–Trinajstić information content (AvgIpc) is 3.10. The summed E-state index contributed by atoms with van der Waals surface area (Å²) >= 11 is 0. The van der Waals surface area contributed by atoms with Gasteiger partial charge < -0.3 is 5.32 Å². The van der Waals surface area contributed by atoms with E-state index in [1.807, 2.05) is 0 Å².